The monoisotopic (exact) mass is 240 g/mol. The molecule has 0 amide bonds. The third kappa shape index (κ3) is 3.33. The van der Waals surface area contributed by atoms with Gasteiger partial charge in [0.15, 0.2) is 0 Å². The molecule has 0 aromatic heterocycles. The average molecular weight is 240 g/mol. The molecule has 1 saturated heterocycles. The number of nitrogens with zero attached hydrogens (tertiary/aromatic N) is 1. The van der Waals surface area contributed by atoms with Gasteiger partial charge in [-0.25, -0.2) is 0 Å². The predicted molar refractivity (Wildman–Crippen MR) is 55.1 cm³/mol. The summed E-state index contributed by atoms with van der Waals surface area (Å²) in [6.07, 6.45) is -4.66. The highest BCUT2D eigenvalue weighted by Crippen LogP contribution is 2.28. The Hall–Kier alpha value is -0.330. The van der Waals surface area contributed by atoms with Crippen molar-refractivity contribution in [3.8, 4) is 0 Å². The first-order chi connectivity index (χ1) is 7.21. The first-order valence-electron chi connectivity index (χ1n) is 5.43. The van der Waals surface area contributed by atoms with Crippen molar-refractivity contribution in [1.82, 2.24) is 4.90 Å². The lowest BCUT2D eigenvalue weighted by Gasteiger charge is -2.42. The minimum atomic E-state index is -4.29. The number of nitrogens with two attached hydrogens (primary N) is 1. The fourth-order valence-corrected chi connectivity index (χ4v) is 2.28. The predicted octanol–water partition coefficient (Wildman–Crippen LogP) is 1.37. The fraction of sp³-hybridized carbons (Fsp3) is 1.00. The van der Waals surface area contributed by atoms with Crippen LogP contribution in [0.5, 0.6) is 0 Å². The van der Waals surface area contributed by atoms with Crippen molar-refractivity contribution in [2.24, 2.45) is 5.73 Å². The van der Waals surface area contributed by atoms with Gasteiger partial charge in [-0.2, -0.15) is 13.2 Å². The van der Waals surface area contributed by atoms with E-state index < -0.39 is 18.3 Å². The fourth-order valence-electron chi connectivity index (χ4n) is 2.28. The molecular formula is C10H19F3N2O. The molecule has 96 valence electrons. The van der Waals surface area contributed by atoms with Gasteiger partial charge in [-0.3, -0.25) is 4.90 Å². The summed E-state index contributed by atoms with van der Waals surface area (Å²) >= 11 is 0. The van der Waals surface area contributed by atoms with E-state index in [4.69, 9.17) is 10.5 Å². The molecule has 3 nitrogen and oxygen atoms in total. The molecule has 1 heterocycles. The molecule has 1 rings (SSSR count). The molecule has 4 atom stereocenters. The van der Waals surface area contributed by atoms with Crippen LogP contribution in [-0.2, 0) is 4.74 Å². The number of rotatable bonds is 2. The van der Waals surface area contributed by atoms with Crippen LogP contribution in [0.1, 0.15) is 20.8 Å². The second kappa shape index (κ2) is 4.89. The van der Waals surface area contributed by atoms with Crippen molar-refractivity contribution in [1.29, 1.82) is 0 Å². The lowest BCUT2D eigenvalue weighted by atomic mass is 10.1. The molecule has 2 N–H and O–H groups in total. The Morgan fingerprint density at radius 1 is 1.25 bits per heavy atom. The number of ether oxygens (including phenoxy) is 1. The van der Waals surface area contributed by atoms with Crippen LogP contribution < -0.4 is 5.73 Å². The second-order valence-corrected chi connectivity index (χ2v) is 4.56. The molecule has 6 heteroatoms. The zero-order valence-corrected chi connectivity index (χ0v) is 9.79. The molecule has 16 heavy (non-hydrogen) atoms. The molecule has 1 aliphatic rings. The van der Waals surface area contributed by atoms with Gasteiger partial charge >= 0.3 is 6.18 Å². The molecule has 0 saturated carbocycles. The summed E-state index contributed by atoms with van der Waals surface area (Å²) < 4.78 is 44.0. The van der Waals surface area contributed by atoms with E-state index in [9.17, 15) is 13.2 Å². The van der Waals surface area contributed by atoms with Crippen LogP contribution in [-0.4, -0.2) is 48.5 Å². The molecule has 0 aromatic rings. The van der Waals surface area contributed by atoms with Crippen LogP contribution in [0, 0.1) is 0 Å². The van der Waals surface area contributed by atoms with Crippen LogP contribution in [0.2, 0.25) is 0 Å². The van der Waals surface area contributed by atoms with E-state index in [1.54, 1.807) is 13.8 Å². The Balaban J connectivity index is 2.78. The highest BCUT2D eigenvalue weighted by molar-refractivity contribution is 4.89. The van der Waals surface area contributed by atoms with Gasteiger partial charge in [0.25, 0.3) is 0 Å². The molecular weight excluding hydrogens is 221 g/mol. The Morgan fingerprint density at radius 2 is 1.69 bits per heavy atom. The quantitative estimate of drug-likeness (QED) is 0.792. The SMILES string of the molecule is C[C@@H]1CN([C@@H]([C@@H](C)N)C(F)(F)F)C[C@@H](C)O1. The number of morpholine rings is 1. The highest BCUT2D eigenvalue weighted by atomic mass is 19.4. The summed E-state index contributed by atoms with van der Waals surface area (Å²) in [5, 5.41) is 0. The third-order valence-electron chi connectivity index (χ3n) is 2.67. The van der Waals surface area contributed by atoms with Gasteiger partial charge in [-0.05, 0) is 20.8 Å². The molecule has 1 fully saturated rings. The summed E-state index contributed by atoms with van der Waals surface area (Å²) in [4.78, 5) is 1.38. The van der Waals surface area contributed by atoms with E-state index >= 15 is 0 Å². The maximum Gasteiger partial charge on any atom is 0.405 e. The summed E-state index contributed by atoms with van der Waals surface area (Å²) in [5.74, 6) is 0. The second-order valence-electron chi connectivity index (χ2n) is 4.56. The van der Waals surface area contributed by atoms with E-state index in [0.717, 1.165) is 0 Å². The summed E-state index contributed by atoms with van der Waals surface area (Å²) in [5.41, 5.74) is 5.44. The van der Waals surface area contributed by atoms with E-state index in [-0.39, 0.29) is 25.3 Å². The Morgan fingerprint density at radius 3 is 2.00 bits per heavy atom. The average Bonchev–Trinajstić information content (AvgIpc) is 1.96. The molecule has 0 radical (unpaired) electrons. The van der Waals surface area contributed by atoms with Gasteiger partial charge in [-0.15, -0.1) is 0 Å². The van der Waals surface area contributed by atoms with E-state index in [1.165, 1.54) is 11.8 Å². The molecule has 0 bridgehead atoms. The minimum Gasteiger partial charge on any atom is -0.373 e. The topological polar surface area (TPSA) is 38.5 Å². The van der Waals surface area contributed by atoms with Gasteiger partial charge < -0.3 is 10.5 Å². The van der Waals surface area contributed by atoms with Crippen molar-refractivity contribution in [3.05, 3.63) is 0 Å². The normalized spacial score (nSPS) is 32.4. The maximum atomic E-state index is 12.8. The molecule has 0 spiro atoms. The van der Waals surface area contributed by atoms with Gasteiger partial charge in [-0.1, -0.05) is 0 Å². The van der Waals surface area contributed by atoms with Gasteiger partial charge in [0.05, 0.1) is 12.2 Å². The van der Waals surface area contributed by atoms with Crippen LogP contribution in [0.25, 0.3) is 0 Å². The highest BCUT2D eigenvalue weighted by Gasteiger charge is 2.47. The lowest BCUT2D eigenvalue weighted by molar-refractivity contribution is -0.206. The Labute approximate surface area is 93.7 Å². The number of hydrogen-bond donors (Lipinski definition) is 1. The van der Waals surface area contributed by atoms with Crippen LogP contribution in [0.15, 0.2) is 0 Å². The number of halogens is 3. The first kappa shape index (κ1) is 13.7. The van der Waals surface area contributed by atoms with Crippen molar-refractivity contribution in [3.63, 3.8) is 0 Å². The molecule has 0 aromatic carbocycles. The summed E-state index contributed by atoms with van der Waals surface area (Å²) in [6.45, 7) is 5.49. The van der Waals surface area contributed by atoms with Crippen LogP contribution in [0.3, 0.4) is 0 Å². The zero-order valence-electron chi connectivity index (χ0n) is 9.79. The Kier molecular flexibility index (Phi) is 4.20. The zero-order chi connectivity index (χ0) is 12.5. The van der Waals surface area contributed by atoms with E-state index in [2.05, 4.69) is 0 Å². The van der Waals surface area contributed by atoms with Gasteiger partial charge in [0, 0.05) is 19.1 Å². The maximum absolute atomic E-state index is 12.8. The third-order valence-corrected chi connectivity index (χ3v) is 2.67. The van der Waals surface area contributed by atoms with Crippen LogP contribution in [0.4, 0.5) is 13.2 Å². The minimum absolute atomic E-state index is 0.188. The standard InChI is InChI=1S/C10H19F3N2O/c1-6-4-15(5-7(2)16-6)9(8(3)14)10(11,12)13/h6-9H,4-5,14H2,1-3H3/t6-,7-,8-,9+/m1/s1. The lowest BCUT2D eigenvalue weighted by Crippen LogP contribution is -2.60. The Bertz CT molecular complexity index is 223. The van der Waals surface area contributed by atoms with Crippen molar-refractivity contribution >= 4 is 0 Å². The van der Waals surface area contributed by atoms with Crippen molar-refractivity contribution in [2.75, 3.05) is 13.1 Å². The van der Waals surface area contributed by atoms with Gasteiger partial charge in [0.1, 0.15) is 6.04 Å². The largest absolute Gasteiger partial charge is 0.405 e. The first-order valence-corrected chi connectivity index (χ1v) is 5.43. The summed E-state index contributed by atoms with van der Waals surface area (Å²) in [7, 11) is 0. The number of alkyl halides is 3. The van der Waals surface area contributed by atoms with Gasteiger partial charge in [0.2, 0.25) is 0 Å². The number of hydrogen-bond acceptors (Lipinski definition) is 3. The molecule has 0 aliphatic carbocycles. The molecule has 1 aliphatic heterocycles. The van der Waals surface area contributed by atoms with Crippen molar-refractivity contribution < 1.29 is 17.9 Å². The molecule has 0 unspecified atom stereocenters. The van der Waals surface area contributed by atoms with Crippen LogP contribution >= 0.6 is 0 Å². The van der Waals surface area contributed by atoms with E-state index in [1.807, 2.05) is 0 Å². The summed E-state index contributed by atoms with van der Waals surface area (Å²) in [6, 6.07) is -2.52. The smallest absolute Gasteiger partial charge is 0.373 e. The van der Waals surface area contributed by atoms with E-state index in [0.29, 0.717) is 0 Å². The van der Waals surface area contributed by atoms with Crippen molar-refractivity contribution in [2.45, 2.75) is 51.2 Å².